The lowest BCUT2D eigenvalue weighted by atomic mass is 10.1. The van der Waals surface area contributed by atoms with Gasteiger partial charge in [0.2, 0.25) is 0 Å². The lowest BCUT2D eigenvalue weighted by molar-refractivity contribution is -0.167. The molecule has 0 saturated heterocycles. The molecule has 0 fully saturated rings. The highest BCUT2D eigenvalue weighted by Crippen LogP contribution is 2.10. The molecule has 0 aliphatic carbocycles. The van der Waals surface area contributed by atoms with Gasteiger partial charge in [0.25, 0.3) is 0 Å². The maximum absolute atomic E-state index is 12.6. The first-order valence-corrected chi connectivity index (χ1v) is 21.1. The molecule has 0 radical (unpaired) electrons. The van der Waals surface area contributed by atoms with Crippen molar-refractivity contribution in [1.82, 2.24) is 0 Å². The molecule has 1 unspecified atom stereocenters. The smallest absolute Gasteiger partial charge is 0.306 e. The second kappa shape index (κ2) is 41.3. The van der Waals surface area contributed by atoms with E-state index in [1.807, 2.05) is 0 Å². The van der Waals surface area contributed by atoms with Crippen molar-refractivity contribution in [2.75, 3.05) is 13.2 Å². The van der Waals surface area contributed by atoms with Crippen LogP contribution in [0.25, 0.3) is 0 Å². The Morgan fingerprint density at radius 2 is 0.755 bits per heavy atom. The molecular formula is C47H76O6. The Labute approximate surface area is 325 Å². The van der Waals surface area contributed by atoms with Gasteiger partial charge in [-0.25, -0.2) is 0 Å². The van der Waals surface area contributed by atoms with Gasteiger partial charge in [0.05, 0.1) is 0 Å². The molecule has 6 heteroatoms. The number of allylic oxidation sites excluding steroid dienone is 14. The summed E-state index contributed by atoms with van der Waals surface area (Å²) in [6, 6.07) is 0. The molecule has 0 amide bonds. The quantitative estimate of drug-likeness (QED) is 0.0276. The minimum absolute atomic E-state index is 0.114. The SMILES string of the molecule is CC/C=C\C/C=C\C/C=C\CCCCCCC(=O)OCC(COC(=O)CCC/C=C\CCCCCC)OC(=O)CCCC/C=C\C/C=C\C/C=C\CC. The fraction of sp³-hybridized carbons (Fsp3) is 0.638. The van der Waals surface area contributed by atoms with Crippen molar-refractivity contribution < 1.29 is 28.6 Å². The van der Waals surface area contributed by atoms with E-state index in [0.717, 1.165) is 96.3 Å². The first-order valence-electron chi connectivity index (χ1n) is 21.1. The summed E-state index contributed by atoms with van der Waals surface area (Å²) >= 11 is 0. The average Bonchev–Trinajstić information content (AvgIpc) is 3.15. The highest BCUT2D eigenvalue weighted by molar-refractivity contribution is 5.71. The molecule has 0 rings (SSSR count). The fourth-order valence-corrected chi connectivity index (χ4v) is 5.24. The number of carbonyl (C=O) groups excluding carboxylic acids is 3. The van der Waals surface area contributed by atoms with Gasteiger partial charge in [-0.2, -0.15) is 0 Å². The van der Waals surface area contributed by atoms with Crippen LogP contribution in [0, 0.1) is 0 Å². The van der Waals surface area contributed by atoms with Gasteiger partial charge < -0.3 is 14.2 Å². The number of ether oxygens (including phenoxy) is 3. The van der Waals surface area contributed by atoms with Crippen LogP contribution < -0.4 is 0 Å². The zero-order chi connectivity index (χ0) is 38.7. The number of esters is 3. The maximum atomic E-state index is 12.6. The van der Waals surface area contributed by atoms with Gasteiger partial charge in [0.1, 0.15) is 13.2 Å². The maximum Gasteiger partial charge on any atom is 0.306 e. The molecule has 6 nitrogen and oxygen atoms in total. The number of hydrogen-bond donors (Lipinski definition) is 0. The van der Waals surface area contributed by atoms with Crippen molar-refractivity contribution in [3.63, 3.8) is 0 Å². The van der Waals surface area contributed by atoms with Crippen LogP contribution in [0.4, 0.5) is 0 Å². The van der Waals surface area contributed by atoms with E-state index < -0.39 is 6.10 Å². The van der Waals surface area contributed by atoms with Crippen LogP contribution in [0.2, 0.25) is 0 Å². The minimum Gasteiger partial charge on any atom is -0.462 e. The lowest BCUT2D eigenvalue weighted by Crippen LogP contribution is -2.30. The molecule has 0 saturated carbocycles. The number of rotatable bonds is 36. The highest BCUT2D eigenvalue weighted by atomic mass is 16.6. The van der Waals surface area contributed by atoms with Crippen LogP contribution in [0.5, 0.6) is 0 Å². The summed E-state index contributed by atoms with van der Waals surface area (Å²) in [5, 5.41) is 0. The van der Waals surface area contributed by atoms with Crippen LogP contribution in [-0.4, -0.2) is 37.2 Å². The van der Waals surface area contributed by atoms with Crippen LogP contribution in [0.15, 0.2) is 85.1 Å². The largest absolute Gasteiger partial charge is 0.462 e. The van der Waals surface area contributed by atoms with Crippen molar-refractivity contribution in [3.05, 3.63) is 85.1 Å². The Kier molecular flexibility index (Phi) is 38.7. The molecule has 0 aromatic carbocycles. The second-order valence-corrected chi connectivity index (χ2v) is 13.5. The molecule has 0 aromatic heterocycles. The Morgan fingerprint density at radius 3 is 1.26 bits per heavy atom. The van der Waals surface area contributed by atoms with Gasteiger partial charge in [-0.15, -0.1) is 0 Å². The third-order valence-corrected chi connectivity index (χ3v) is 8.36. The molecule has 300 valence electrons. The summed E-state index contributed by atoms with van der Waals surface area (Å²) in [7, 11) is 0. The van der Waals surface area contributed by atoms with Gasteiger partial charge in [-0.1, -0.05) is 138 Å². The molecule has 53 heavy (non-hydrogen) atoms. The average molecular weight is 737 g/mol. The molecule has 0 aromatic rings. The molecule has 0 aliphatic heterocycles. The van der Waals surface area contributed by atoms with Crippen molar-refractivity contribution >= 4 is 17.9 Å². The second-order valence-electron chi connectivity index (χ2n) is 13.5. The Hall–Kier alpha value is -3.41. The molecule has 0 heterocycles. The lowest BCUT2D eigenvalue weighted by Gasteiger charge is -2.18. The van der Waals surface area contributed by atoms with Crippen molar-refractivity contribution in [2.24, 2.45) is 0 Å². The molecular weight excluding hydrogens is 661 g/mol. The summed E-state index contributed by atoms with van der Waals surface area (Å²) in [6.07, 6.45) is 51.5. The van der Waals surface area contributed by atoms with Crippen molar-refractivity contribution in [1.29, 1.82) is 0 Å². The van der Waals surface area contributed by atoms with Gasteiger partial charge in [0.15, 0.2) is 6.10 Å². The molecule has 0 spiro atoms. The normalized spacial score (nSPS) is 12.9. The van der Waals surface area contributed by atoms with Crippen molar-refractivity contribution in [3.8, 4) is 0 Å². The molecule has 1 atom stereocenters. The highest BCUT2D eigenvalue weighted by Gasteiger charge is 2.19. The predicted octanol–water partition coefficient (Wildman–Crippen LogP) is 13.3. The summed E-state index contributed by atoms with van der Waals surface area (Å²) in [6.45, 7) is 6.25. The van der Waals surface area contributed by atoms with E-state index in [1.165, 1.54) is 25.7 Å². The van der Waals surface area contributed by atoms with E-state index in [9.17, 15) is 14.4 Å². The Balaban J connectivity index is 4.51. The Bertz CT molecular complexity index is 1080. The van der Waals surface area contributed by atoms with E-state index in [4.69, 9.17) is 14.2 Å². The third-order valence-electron chi connectivity index (χ3n) is 8.36. The van der Waals surface area contributed by atoms with Crippen LogP contribution >= 0.6 is 0 Å². The zero-order valence-electron chi connectivity index (χ0n) is 34.0. The fourth-order valence-electron chi connectivity index (χ4n) is 5.24. The van der Waals surface area contributed by atoms with Gasteiger partial charge in [0, 0.05) is 19.3 Å². The minimum atomic E-state index is -0.813. The number of hydrogen-bond acceptors (Lipinski definition) is 6. The summed E-state index contributed by atoms with van der Waals surface area (Å²) < 4.78 is 16.5. The van der Waals surface area contributed by atoms with E-state index in [-0.39, 0.29) is 37.5 Å². The number of unbranched alkanes of at least 4 members (excludes halogenated alkanes) is 11. The van der Waals surface area contributed by atoms with Crippen molar-refractivity contribution in [2.45, 2.75) is 181 Å². The van der Waals surface area contributed by atoms with Gasteiger partial charge in [-0.3, -0.25) is 14.4 Å². The van der Waals surface area contributed by atoms with E-state index in [0.29, 0.717) is 25.7 Å². The van der Waals surface area contributed by atoms with Crippen LogP contribution in [0.1, 0.15) is 175 Å². The third kappa shape index (κ3) is 39.6. The van der Waals surface area contributed by atoms with Gasteiger partial charge >= 0.3 is 17.9 Å². The van der Waals surface area contributed by atoms with Gasteiger partial charge in [-0.05, 0) is 103 Å². The number of carbonyl (C=O) groups is 3. The first-order chi connectivity index (χ1) is 26.0. The standard InChI is InChI=1S/C47H76O6/c1-4-7-10-13-16-19-21-23-24-26-28-31-34-37-40-46(49)52-43-44(42-51-45(48)39-36-33-30-27-18-15-12-9-6-3)53-47(50)41-38-35-32-29-25-22-20-17-14-11-8-5-2/h7-8,10-11,16-17,19-20,23-25,27,29-30,44H,4-6,9,12-15,18,21-22,26,28,31-43H2,1-3H3/b10-7-,11-8-,19-16-,20-17-,24-23-,29-25-,30-27-. The molecule has 0 N–H and O–H groups in total. The summed E-state index contributed by atoms with van der Waals surface area (Å²) in [5.74, 6) is -1.02. The molecule has 0 bridgehead atoms. The summed E-state index contributed by atoms with van der Waals surface area (Å²) in [5.41, 5.74) is 0. The van der Waals surface area contributed by atoms with E-state index in [2.05, 4.69) is 106 Å². The summed E-state index contributed by atoms with van der Waals surface area (Å²) in [4.78, 5) is 37.5. The van der Waals surface area contributed by atoms with Crippen LogP contribution in [-0.2, 0) is 28.6 Å². The topological polar surface area (TPSA) is 78.9 Å². The molecule has 0 aliphatic rings. The van der Waals surface area contributed by atoms with E-state index in [1.54, 1.807) is 0 Å². The monoisotopic (exact) mass is 737 g/mol. The predicted molar refractivity (Wildman–Crippen MR) is 224 cm³/mol. The first kappa shape index (κ1) is 49.6. The van der Waals surface area contributed by atoms with Crippen LogP contribution in [0.3, 0.4) is 0 Å². The Morgan fingerprint density at radius 1 is 0.396 bits per heavy atom. The van der Waals surface area contributed by atoms with E-state index >= 15 is 0 Å². The zero-order valence-corrected chi connectivity index (χ0v) is 34.0.